The summed E-state index contributed by atoms with van der Waals surface area (Å²) in [4.78, 5) is 0. The monoisotopic (exact) mass is 252 g/mol. The maximum atomic E-state index is 7.32. The summed E-state index contributed by atoms with van der Waals surface area (Å²) in [7, 11) is 0. The molecule has 12 heavy (non-hydrogen) atoms. The second kappa shape index (κ2) is 13.2. The van der Waals surface area contributed by atoms with Crippen molar-refractivity contribution in [3.63, 3.8) is 0 Å². The Hall–Kier alpha value is -0.407. The quantitative estimate of drug-likeness (QED) is 0.607. The smallest absolute Gasteiger partial charge is 0.0587 e. The van der Waals surface area contributed by atoms with Crippen LogP contribution in [0.3, 0.4) is 0 Å². The summed E-state index contributed by atoms with van der Waals surface area (Å²) in [6.45, 7) is 1.43. The SMILES string of the molecule is C1=CCCCCC=C1.CC#N.[Rh]. The molecular weight excluding hydrogens is 237 g/mol. The van der Waals surface area contributed by atoms with Gasteiger partial charge in [-0.25, -0.2) is 0 Å². The Labute approximate surface area is 87.9 Å². The summed E-state index contributed by atoms with van der Waals surface area (Å²) < 4.78 is 0. The van der Waals surface area contributed by atoms with Crippen LogP contribution in [0.4, 0.5) is 0 Å². The summed E-state index contributed by atoms with van der Waals surface area (Å²) in [5, 5.41) is 7.32. The minimum Gasteiger partial charge on any atom is -0.199 e. The molecule has 0 N–H and O–H groups in total. The fraction of sp³-hybridized carbons (Fsp3) is 0.500. The van der Waals surface area contributed by atoms with Crippen molar-refractivity contribution < 1.29 is 19.5 Å². The van der Waals surface area contributed by atoms with Crippen molar-refractivity contribution in [3.8, 4) is 6.07 Å². The minimum atomic E-state index is 0. The molecular formula is C10H15NRh. The van der Waals surface area contributed by atoms with Crippen LogP contribution in [-0.4, -0.2) is 0 Å². The van der Waals surface area contributed by atoms with Gasteiger partial charge in [-0.3, -0.25) is 0 Å². The fourth-order valence-corrected chi connectivity index (χ4v) is 0.874. The van der Waals surface area contributed by atoms with Crippen molar-refractivity contribution in [2.24, 2.45) is 0 Å². The molecule has 0 fully saturated rings. The van der Waals surface area contributed by atoms with Crippen molar-refractivity contribution >= 4 is 0 Å². The molecule has 0 aromatic carbocycles. The molecule has 1 rings (SSSR count). The van der Waals surface area contributed by atoms with Gasteiger partial charge in [-0.1, -0.05) is 24.3 Å². The van der Waals surface area contributed by atoms with E-state index in [1.54, 1.807) is 6.07 Å². The number of nitriles is 1. The van der Waals surface area contributed by atoms with E-state index < -0.39 is 0 Å². The van der Waals surface area contributed by atoms with E-state index in [2.05, 4.69) is 24.3 Å². The van der Waals surface area contributed by atoms with Crippen LogP contribution in [0.2, 0.25) is 0 Å². The third-order valence-electron chi connectivity index (χ3n) is 1.37. The van der Waals surface area contributed by atoms with Crippen molar-refractivity contribution in [2.45, 2.75) is 32.6 Å². The first-order valence-electron chi connectivity index (χ1n) is 4.04. The predicted molar refractivity (Wildman–Crippen MR) is 48.0 cm³/mol. The van der Waals surface area contributed by atoms with Crippen LogP contribution in [0.15, 0.2) is 24.3 Å². The number of rotatable bonds is 0. The average molecular weight is 252 g/mol. The molecule has 1 radical (unpaired) electrons. The molecule has 0 unspecified atom stereocenters. The van der Waals surface area contributed by atoms with E-state index in [-0.39, 0.29) is 19.5 Å². The van der Waals surface area contributed by atoms with Crippen LogP contribution in [0.1, 0.15) is 32.6 Å². The van der Waals surface area contributed by atoms with E-state index in [0.29, 0.717) is 0 Å². The Bertz CT molecular complexity index is 151. The van der Waals surface area contributed by atoms with Gasteiger partial charge in [0.1, 0.15) is 0 Å². The van der Waals surface area contributed by atoms with Crippen LogP contribution < -0.4 is 0 Å². The minimum absolute atomic E-state index is 0. The Morgan fingerprint density at radius 2 is 1.42 bits per heavy atom. The second-order valence-electron chi connectivity index (χ2n) is 2.36. The third kappa shape index (κ3) is 12.3. The number of hydrogen-bond donors (Lipinski definition) is 0. The molecule has 0 bridgehead atoms. The van der Waals surface area contributed by atoms with Gasteiger partial charge in [-0.15, -0.1) is 0 Å². The zero-order valence-corrected chi connectivity index (χ0v) is 9.06. The van der Waals surface area contributed by atoms with Crippen molar-refractivity contribution in [1.82, 2.24) is 0 Å². The Kier molecular flexibility index (Phi) is 15.6. The van der Waals surface area contributed by atoms with E-state index in [1.165, 1.54) is 32.6 Å². The van der Waals surface area contributed by atoms with Crippen molar-refractivity contribution in [1.29, 1.82) is 5.26 Å². The van der Waals surface area contributed by atoms with Crippen LogP contribution >= 0.6 is 0 Å². The molecule has 0 saturated heterocycles. The summed E-state index contributed by atoms with van der Waals surface area (Å²) in [6, 6.07) is 1.75. The fourth-order valence-electron chi connectivity index (χ4n) is 0.874. The summed E-state index contributed by atoms with van der Waals surface area (Å²) in [5.74, 6) is 0. The molecule has 69 valence electrons. The van der Waals surface area contributed by atoms with Gasteiger partial charge in [-0.2, -0.15) is 5.26 Å². The topological polar surface area (TPSA) is 23.8 Å². The molecule has 0 aromatic rings. The van der Waals surface area contributed by atoms with Crippen LogP contribution in [0, 0.1) is 11.3 Å². The van der Waals surface area contributed by atoms with Gasteiger partial charge >= 0.3 is 0 Å². The van der Waals surface area contributed by atoms with Gasteiger partial charge in [0.05, 0.1) is 6.07 Å². The van der Waals surface area contributed by atoms with Gasteiger partial charge in [-0.05, 0) is 25.7 Å². The molecule has 0 amide bonds. The summed E-state index contributed by atoms with van der Waals surface area (Å²) in [6.07, 6.45) is 14.0. The standard InChI is InChI=1S/C8H12.C2H3N.Rh/c1-2-4-6-8-7-5-3-1;1-2-3;/h1-4H,5-8H2;1H3;. The Morgan fingerprint density at radius 1 is 1.08 bits per heavy atom. The average Bonchev–Trinajstić information content (AvgIpc) is 1.86. The largest absolute Gasteiger partial charge is 0.199 e. The van der Waals surface area contributed by atoms with E-state index in [1.807, 2.05) is 0 Å². The molecule has 1 aliphatic rings. The van der Waals surface area contributed by atoms with Gasteiger partial charge in [0.2, 0.25) is 0 Å². The molecule has 1 nitrogen and oxygen atoms in total. The zero-order chi connectivity index (χ0) is 8.36. The number of allylic oxidation sites excluding steroid dienone is 4. The molecule has 0 heterocycles. The van der Waals surface area contributed by atoms with Gasteiger partial charge < -0.3 is 0 Å². The molecule has 0 saturated carbocycles. The maximum absolute atomic E-state index is 7.32. The first-order valence-corrected chi connectivity index (χ1v) is 4.04. The molecule has 0 aliphatic heterocycles. The van der Waals surface area contributed by atoms with Crippen molar-refractivity contribution in [3.05, 3.63) is 24.3 Å². The van der Waals surface area contributed by atoms with E-state index in [9.17, 15) is 0 Å². The van der Waals surface area contributed by atoms with Crippen molar-refractivity contribution in [2.75, 3.05) is 0 Å². The predicted octanol–water partition coefficient (Wildman–Crippen LogP) is 3.20. The molecule has 1 aliphatic carbocycles. The molecule has 0 atom stereocenters. The zero-order valence-electron chi connectivity index (χ0n) is 7.42. The van der Waals surface area contributed by atoms with Gasteiger partial charge in [0.25, 0.3) is 0 Å². The van der Waals surface area contributed by atoms with E-state index >= 15 is 0 Å². The first-order chi connectivity index (χ1) is 5.41. The summed E-state index contributed by atoms with van der Waals surface area (Å²) in [5.41, 5.74) is 0. The molecule has 0 aromatic heterocycles. The number of nitrogens with zero attached hydrogens (tertiary/aromatic N) is 1. The third-order valence-corrected chi connectivity index (χ3v) is 1.37. The maximum Gasteiger partial charge on any atom is 0.0587 e. The van der Waals surface area contributed by atoms with Gasteiger partial charge in [0.15, 0.2) is 0 Å². The van der Waals surface area contributed by atoms with Crippen LogP contribution in [-0.2, 0) is 19.5 Å². The number of hydrogen-bond acceptors (Lipinski definition) is 1. The van der Waals surface area contributed by atoms with Gasteiger partial charge in [0, 0.05) is 26.4 Å². The van der Waals surface area contributed by atoms with Crippen LogP contribution in [0.25, 0.3) is 0 Å². The Morgan fingerprint density at radius 3 is 1.75 bits per heavy atom. The molecule has 0 spiro atoms. The molecule has 2 heteroatoms. The van der Waals surface area contributed by atoms with E-state index in [0.717, 1.165) is 0 Å². The Balaban J connectivity index is 0. The summed E-state index contributed by atoms with van der Waals surface area (Å²) >= 11 is 0. The van der Waals surface area contributed by atoms with E-state index in [4.69, 9.17) is 5.26 Å². The normalized spacial score (nSPS) is 14.0. The first kappa shape index (κ1) is 14.1. The van der Waals surface area contributed by atoms with Crippen LogP contribution in [0.5, 0.6) is 0 Å². The second-order valence-corrected chi connectivity index (χ2v) is 2.36.